The second-order valence-corrected chi connectivity index (χ2v) is 4.37. The normalized spacial score (nSPS) is 10.6. The van der Waals surface area contributed by atoms with Crippen molar-refractivity contribution in [2.24, 2.45) is 0 Å². The average molecular weight is 275 g/mol. The largest absolute Gasteiger partial charge is 0.312 e. The van der Waals surface area contributed by atoms with Crippen molar-refractivity contribution in [3.05, 3.63) is 11.2 Å². The number of imidazole rings is 1. The van der Waals surface area contributed by atoms with Crippen LogP contribution in [0.1, 0.15) is 5.01 Å². The summed E-state index contributed by atoms with van der Waals surface area (Å²) in [4.78, 5) is 15.2. The summed E-state index contributed by atoms with van der Waals surface area (Å²) in [6, 6.07) is 0. The van der Waals surface area contributed by atoms with E-state index < -0.39 is 0 Å². The number of hydrogen-bond donors (Lipinski definition) is 1. The van der Waals surface area contributed by atoms with Crippen molar-refractivity contribution in [2.45, 2.75) is 6.42 Å². The first-order chi connectivity index (χ1) is 6.85. The number of nitrogens with one attached hydrogen (secondary N) is 1. The van der Waals surface area contributed by atoms with Crippen molar-refractivity contribution >= 4 is 44.5 Å². The summed E-state index contributed by atoms with van der Waals surface area (Å²) in [5.74, 6) is 0.604. The van der Waals surface area contributed by atoms with Gasteiger partial charge in [0.1, 0.15) is 5.01 Å². The first kappa shape index (κ1) is 9.60. The van der Waals surface area contributed by atoms with E-state index in [2.05, 4.69) is 31.3 Å². The fourth-order valence-electron chi connectivity index (χ4n) is 1.07. The van der Waals surface area contributed by atoms with Gasteiger partial charge in [0.15, 0.2) is 5.82 Å². The lowest BCUT2D eigenvalue weighted by molar-refractivity contribution is -0.105. The minimum absolute atomic E-state index is 0.604. The van der Waals surface area contributed by atoms with Gasteiger partial charge in [-0.3, -0.25) is 4.79 Å². The number of fused-ring (bicyclic) bond motifs is 1. The average Bonchev–Trinajstić information content (AvgIpc) is 2.69. The van der Waals surface area contributed by atoms with Crippen LogP contribution in [0, 0.1) is 0 Å². The number of aromatic nitrogens is 3. The summed E-state index contributed by atoms with van der Waals surface area (Å²) in [6.45, 7) is 0. The molecule has 0 aromatic carbocycles. The van der Waals surface area contributed by atoms with E-state index in [-0.39, 0.29) is 0 Å². The van der Waals surface area contributed by atoms with E-state index in [0.29, 0.717) is 12.2 Å². The van der Waals surface area contributed by atoms with Crippen LogP contribution in [0.3, 0.4) is 0 Å². The number of rotatable bonds is 4. The summed E-state index contributed by atoms with van der Waals surface area (Å²) < 4.78 is 1.64. The first-order valence-corrected chi connectivity index (χ1v) is 5.88. The van der Waals surface area contributed by atoms with Gasteiger partial charge in [0.2, 0.25) is 11.4 Å². The van der Waals surface area contributed by atoms with Crippen LogP contribution in [0.5, 0.6) is 0 Å². The molecule has 1 amide bonds. The van der Waals surface area contributed by atoms with Crippen LogP contribution in [0.4, 0.5) is 5.82 Å². The van der Waals surface area contributed by atoms with Crippen molar-refractivity contribution in [1.29, 1.82) is 0 Å². The number of hydrogen-bond acceptors (Lipinski definition) is 4. The predicted octanol–water partition coefficient (Wildman–Crippen LogP) is 1.30. The Hall–Kier alpha value is -0.950. The van der Waals surface area contributed by atoms with Gasteiger partial charge in [0, 0.05) is 11.8 Å². The maximum absolute atomic E-state index is 10.3. The lowest BCUT2D eigenvalue weighted by Gasteiger charge is -1.91. The molecule has 74 valence electrons. The Morgan fingerprint density at radius 2 is 2.57 bits per heavy atom. The topological polar surface area (TPSA) is 59.3 Å². The van der Waals surface area contributed by atoms with Gasteiger partial charge in [0.25, 0.3) is 0 Å². The molecule has 0 spiro atoms. The van der Waals surface area contributed by atoms with Gasteiger partial charge in [0.05, 0.1) is 6.20 Å². The van der Waals surface area contributed by atoms with Crippen LogP contribution in [0.2, 0.25) is 0 Å². The zero-order valence-electron chi connectivity index (χ0n) is 7.11. The highest BCUT2D eigenvalue weighted by Gasteiger charge is 2.08. The molecule has 0 aliphatic carbocycles. The van der Waals surface area contributed by atoms with Gasteiger partial charge in [-0.1, -0.05) is 27.3 Å². The van der Waals surface area contributed by atoms with Gasteiger partial charge >= 0.3 is 0 Å². The second-order valence-electron chi connectivity index (χ2n) is 2.53. The molecule has 2 rings (SSSR count). The zero-order chi connectivity index (χ0) is 9.97. The van der Waals surface area contributed by atoms with Crippen molar-refractivity contribution < 1.29 is 4.79 Å². The summed E-state index contributed by atoms with van der Waals surface area (Å²) in [7, 11) is 0. The molecule has 5 nitrogen and oxygen atoms in total. The van der Waals surface area contributed by atoms with Gasteiger partial charge in [-0.15, -0.1) is 0 Å². The summed E-state index contributed by atoms with van der Waals surface area (Å²) in [6.07, 6.45) is 3.08. The zero-order valence-corrected chi connectivity index (χ0v) is 9.51. The SMILES string of the molecule is O=CNc1cnc2sc(CCBr)nn12. The van der Waals surface area contributed by atoms with Gasteiger partial charge < -0.3 is 5.32 Å². The maximum atomic E-state index is 10.3. The van der Waals surface area contributed by atoms with E-state index in [0.717, 1.165) is 21.7 Å². The van der Waals surface area contributed by atoms with Crippen molar-refractivity contribution in [1.82, 2.24) is 14.6 Å². The molecule has 2 aromatic rings. The molecule has 2 heterocycles. The van der Waals surface area contributed by atoms with Crippen molar-refractivity contribution in [2.75, 3.05) is 10.6 Å². The van der Waals surface area contributed by atoms with Gasteiger partial charge in [-0.2, -0.15) is 9.61 Å². The van der Waals surface area contributed by atoms with E-state index in [1.165, 1.54) is 11.3 Å². The van der Waals surface area contributed by atoms with Crippen LogP contribution < -0.4 is 5.32 Å². The molecule has 0 aliphatic heterocycles. The highest BCUT2D eigenvalue weighted by atomic mass is 79.9. The Labute approximate surface area is 92.3 Å². The Balaban J connectivity index is 2.39. The highest BCUT2D eigenvalue weighted by molar-refractivity contribution is 9.09. The lowest BCUT2D eigenvalue weighted by atomic mass is 10.5. The van der Waals surface area contributed by atoms with Crippen LogP contribution in [0.25, 0.3) is 4.96 Å². The fraction of sp³-hybridized carbons (Fsp3) is 0.286. The predicted molar refractivity (Wildman–Crippen MR) is 58.0 cm³/mol. The van der Waals surface area contributed by atoms with Crippen molar-refractivity contribution in [3.8, 4) is 0 Å². The molecule has 0 atom stereocenters. The number of amides is 1. The molecule has 14 heavy (non-hydrogen) atoms. The Bertz CT molecular complexity index is 451. The third kappa shape index (κ3) is 1.64. The Kier molecular flexibility index (Phi) is 2.78. The number of halogens is 1. The molecule has 0 bridgehead atoms. The molecule has 0 unspecified atom stereocenters. The third-order valence-electron chi connectivity index (χ3n) is 1.64. The molecule has 2 aromatic heterocycles. The second kappa shape index (κ2) is 4.05. The van der Waals surface area contributed by atoms with Crippen LogP contribution >= 0.6 is 27.3 Å². The summed E-state index contributed by atoms with van der Waals surface area (Å²) in [5, 5.41) is 8.71. The number of aryl methyl sites for hydroxylation is 1. The fourth-order valence-corrected chi connectivity index (χ4v) is 2.58. The van der Waals surface area contributed by atoms with Crippen molar-refractivity contribution in [3.63, 3.8) is 0 Å². The molecular formula is C7H7BrN4OS. The molecular weight excluding hydrogens is 268 g/mol. The quantitative estimate of drug-likeness (QED) is 0.675. The minimum atomic E-state index is 0.604. The number of carbonyl (C=O) groups is 1. The first-order valence-electron chi connectivity index (χ1n) is 3.94. The number of carbonyl (C=O) groups excluding carboxylic acids is 1. The Morgan fingerprint density at radius 1 is 1.71 bits per heavy atom. The van der Waals surface area contributed by atoms with E-state index in [9.17, 15) is 4.79 Å². The smallest absolute Gasteiger partial charge is 0.214 e. The summed E-state index contributed by atoms with van der Waals surface area (Å²) >= 11 is 4.87. The van der Waals surface area contributed by atoms with E-state index in [4.69, 9.17) is 0 Å². The molecule has 0 radical (unpaired) electrons. The molecule has 0 saturated heterocycles. The van der Waals surface area contributed by atoms with Gasteiger partial charge in [-0.05, 0) is 0 Å². The van der Waals surface area contributed by atoms with Crippen LogP contribution in [-0.4, -0.2) is 26.3 Å². The molecule has 0 fully saturated rings. The number of anilines is 1. The molecule has 0 aliphatic rings. The molecule has 0 saturated carbocycles. The highest BCUT2D eigenvalue weighted by Crippen LogP contribution is 2.18. The van der Waals surface area contributed by atoms with E-state index in [1.807, 2.05) is 0 Å². The number of alkyl halides is 1. The lowest BCUT2D eigenvalue weighted by Crippen LogP contribution is -1.99. The summed E-state index contributed by atoms with van der Waals surface area (Å²) in [5.41, 5.74) is 0. The van der Waals surface area contributed by atoms with E-state index in [1.54, 1.807) is 10.7 Å². The number of nitrogens with zero attached hydrogens (tertiary/aromatic N) is 3. The monoisotopic (exact) mass is 274 g/mol. The minimum Gasteiger partial charge on any atom is -0.312 e. The van der Waals surface area contributed by atoms with Crippen LogP contribution in [0.15, 0.2) is 6.20 Å². The standard InChI is InChI=1S/C7H7BrN4OS/c8-2-1-6-11-12-5(10-4-13)3-9-7(12)14-6/h3-4H,1-2H2,(H,10,13). The molecule has 7 heteroatoms. The maximum Gasteiger partial charge on any atom is 0.214 e. The third-order valence-corrected chi connectivity index (χ3v) is 3.02. The van der Waals surface area contributed by atoms with Crippen LogP contribution in [-0.2, 0) is 11.2 Å². The molecule has 1 N–H and O–H groups in total. The van der Waals surface area contributed by atoms with Gasteiger partial charge in [-0.25, -0.2) is 4.98 Å². The van der Waals surface area contributed by atoms with E-state index >= 15 is 0 Å². The Morgan fingerprint density at radius 3 is 3.29 bits per heavy atom.